The topological polar surface area (TPSA) is 90.0 Å². The van der Waals surface area contributed by atoms with Crippen LogP contribution in [-0.2, 0) is 15.1 Å². The van der Waals surface area contributed by atoms with Crippen molar-refractivity contribution in [1.82, 2.24) is 9.88 Å². The molecule has 1 amide bonds. The normalized spacial score (nSPS) is 24.1. The summed E-state index contributed by atoms with van der Waals surface area (Å²) < 4.78 is 53.8. The zero-order chi connectivity index (χ0) is 20.8. The number of hydrogen-bond donors (Lipinski definition) is 1. The third-order valence-corrected chi connectivity index (χ3v) is 5.16. The van der Waals surface area contributed by atoms with Gasteiger partial charge in [0.15, 0.2) is 23.3 Å². The number of halogens is 3. The molecule has 3 heterocycles. The maximum Gasteiger partial charge on any atom is 0.255 e. The van der Waals surface area contributed by atoms with Crippen LogP contribution >= 0.6 is 0 Å². The highest BCUT2D eigenvalue weighted by Gasteiger charge is 2.53. The number of aliphatic imine (C=N–C) groups is 1. The van der Waals surface area contributed by atoms with Gasteiger partial charge in [0.25, 0.3) is 5.88 Å². The Kier molecular flexibility index (Phi) is 4.65. The summed E-state index contributed by atoms with van der Waals surface area (Å²) in [5.41, 5.74) is 4.26. The van der Waals surface area contributed by atoms with Crippen LogP contribution in [-0.4, -0.2) is 42.0 Å². The fraction of sp³-hybridized carbons (Fsp3) is 0.316. The van der Waals surface area contributed by atoms with Gasteiger partial charge in [-0.25, -0.2) is 23.1 Å². The van der Waals surface area contributed by atoms with E-state index in [0.29, 0.717) is 6.07 Å². The number of benzene rings is 1. The number of pyridine rings is 1. The predicted molar refractivity (Wildman–Crippen MR) is 95.6 cm³/mol. The molecule has 2 aromatic rings. The Balaban J connectivity index is 1.85. The van der Waals surface area contributed by atoms with Crippen LogP contribution in [0.25, 0.3) is 0 Å². The third kappa shape index (κ3) is 3.09. The van der Waals surface area contributed by atoms with Gasteiger partial charge in [0.1, 0.15) is 11.4 Å². The molecule has 1 fully saturated rings. The maximum atomic E-state index is 14.9. The summed E-state index contributed by atoms with van der Waals surface area (Å²) >= 11 is 0. The largest absolute Gasteiger partial charge is 0.433 e. The molecule has 0 aliphatic carbocycles. The van der Waals surface area contributed by atoms with E-state index in [2.05, 4.69) is 9.98 Å². The lowest BCUT2D eigenvalue weighted by Crippen LogP contribution is -2.58. The Hall–Kier alpha value is -3.14. The fourth-order valence-corrected chi connectivity index (χ4v) is 3.65. The van der Waals surface area contributed by atoms with Gasteiger partial charge in [0, 0.05) is 31.5 Å². The average Bonchev–Trinajstić information content (AvgIpc) is 2.69. The minimum absolute atomic E-state index is 0.112. The van der Waals surface area contributed by atoms with E-state index in [1.807, 2.05) is 0 Å². The van der Waals surface area contributed by atoms with E-state index in [0.717, 1.165) is 12.1 Å². The van der Waals surface area contributed by atoms with Crippen LogP contribution in [0.15, 0.2) is 35.5 Å². The van der Waals surface area contributed by atoms with Gasteiger partial charge in [-0.2, -0.15) is 0 Å². The first-order chi connectivity index (χ1) is 13.8. The van der Waals surface area contributed by atoms with Crippen molar-refractivity contribution in [3.8, 4) is 11.6 Å². The van der Waals surface area contributed by atoms with Crippen LogP contribution in [0.5, 0.6) is 11.6 Å². The molecule has 0 spiro atoms. The summed E-state index contributed by atoms with van der Waals surface area (Å²) in [5.74, 6) is -4.96. The van der Waals surface area contributed by atoms with Crippen molar-refractivity contribution in [2.75, 3.05) is 20.3 Å². The van der Waals surface area contributed by atoms with Crippen LogP contribution in [0.3, 0.4) is 0 Å². The third-order valence-electron chi connectivity index (χ3n) is 5.16. The summed E-state index contributed by atoms with van der Waals surface area (Å²) in [6.07, 6.45) is 1.55. The quantitative estimate of drug-likeness (QED) is 0.845. The second-order valence-electron chi connectivity index (χ2n) is 6.84. The molecule has 1 aromatic carbocycles. The smallest absolute Gasteiger partial charge is 0.255 e. The van der Waals surface area contributed by atoms with Gasteiger partial charge in [-0.3, -0.25) is 9.69 Å². The molecule has 2 aliphatic heterocycles. The molecule has 1 saturated heterocycles. The number of nitrogens with zero attached hydrogens (tertiary/aromatic N) is 3. The Bertz CT molecular complexity index is 1020. The molecule has 10 heteroatoms. The highest BCUT2D eigenvalue weighted by Crippen LogP contribution is 2.45. The van der Waals surface area contributed by atoms with Crippen molar-refractivity contribution in [2.24, 2.45) is 16.6 Å². The first-order valence-electron chi connectivity index (χ1n) is 8.82. The molecule has 4 rings (SSSR count). The van der Waals surface area contributed by atoms with Gasteiger partial charge in [0.2, 0.25) is 5.91 Å². The van der Waals surface area contributed by atoms with E-state index in [4.69, 9.17) is 15.2 Å². The van der Waals surface area contributed by atoms with E-state index in [1.165, 1.54) is 24.2 Å². The van der Waals surface area contributed by atoms with Crippen LogP contribution in [0.4, 0.5) is 13.2 Å². The second kappa shape index (κ2) is 7.03. The highest BCUT2D eigenvalue weighted by atomic mass is 19.1. The molecule has 2 N–H and O–H groups in total. The Morgan fingerprint density at radius 2 is 2.07 bits per heavy atom. The summed E-state index contributed by atoms with van der Waals surface area (Å²) in [6, 6.07) is 4.09. The van der Waals surface area contributed by atoms with Crippen molar-refractivity contribution >= 4 is 11.9 Å². The standard InChI is InChI=1S/C19H17F3N4O3/c1-26-17(27)10-4-6-28-9-19(10,25-18(26)23)11-7-15(14(22)8-13(11)21)29-16-12(20)3-2-5-24-16/h2-3,5,7-8,10H,4,6,9H2,1H3,(H2,23,25)/t10-,19-/m0/s1. The number of aromatic nitrogens is 1. The lowest BCUT2D eigenvalue weighted by Gasteiger charge is -2.45. The zero-order valence-electron chi connectivity index (χ0n) is 15.4. The first kappa shape index (κ1) is 19.2. The summed E-state index contributed by atoms with van der Waals surface area (Å²) in [7, 11) is 1.47. The van der Waals surface area contributed by atoms with Gasteiger partial charge in [-0.1, -0.05) is 0 Å². The van der Waals surface area contributed by atoms with Gasteiger partial charge < -0.3 is 15.2 Å². The molecule has 2 atom stereocenters. The number of amides is 1. The number of carbonyl (C=O) groups is 1. The molecule has 2 aliphatic rings. The Morgan fingerprint density at radius 1 is 1.28 bits per heavy atom. The Morgan fingerprint density at radius 3 is 2.83 bits per heavy atom. The zero-order valence-corrected chi connectivity index (χ0v) is 15.4. The van der Waals surface area contributed by atoms with Crippen LogP contribution in [0, 0.1) is 23.4 Å². The summed E-state index contributed by atoms with van der Waals surface area (Å²) in [5, 5.41) is 0. The van der Waals surface area contributed by atoms with E-state index in [1.54, 1.807) is 0 Å². The van der Waals surface area contributed by atoms with Gasteiger partial charge in [-0.15, -0.1) is 0 Å². The van der Waals surface area contributed by atoms with Crippen molar-refractivity contribution in [1.29, 1.82) is 0 Å². The predicted octanol–water partition coefficient (Wildman–Crippen LogP) is 2.31. The number of hydrogen-bond acceptors (Lipinski definition) is 6. The number of guanidine groups is 1. The number of rotatable bonds is 3. The van der Waals surface area contributed by atoms with E-state index >= 15 is 0 Å². The molecule has 0 unspecified atom stereocenters. The second-order valence-corrected chi connectivity index (χ2v) is 6.84. The van der Waals surface area contributed by atoms with Crippen molar-refractivity contribution in [3.63, 3.8) is 0 Å². The summed E-state index contributed by atoms with van der Waals surface area (Å²) in [4.78, 5) is 22.0. The molecular weight excluding hydrogens is 389 g/mol. The minimum Gasteiger partial charge on any atom is -0.433 e. The van der Waals surface area contributed by atoms with E-state index < -0.39 is 40.5 Å². The monoisotopic (exact) mass is 406 g/mol. The molecule has 0 radical (unpaired) electrons. The number of fused-ring (bicyclic) bond motifs is 1. The Labute approximate surface area is 163 Å². The molecular formula is C19H17F3N4O3. The highest BCUT2D eigenvalue weighted by molar-refractivity contribution is 6.00. The van der Waals surface area contributed by atoms with Gasteiger partial charge >= 0.3 is 0 Å². The van der Waals surface area contributed by atoms with E-state index in [-0.39, 0.29) is 37.1 Å². The van der Waals surface area contributed by atoms with Crippen molar-refractivity contribution < 1.29 is 27.4 Å². The number of nitrogens with two attached hydrogens (primary N) is 1. The van der Waals surface area contributed by atoms with Crippen molar-refractivity contribution in [2.45, 2.75) is 12.0 Å². The molecule has 29 heavy (non-hydrogen) atoms. The van der Waals surface area contributed by atoms with Crippen LogP contribution in [0.2, 0.25) is 0 Å². The molecule has 0 saturated carbocycles. The fourth-order valence-electron chi connectivity index (χ4n) is 3.65. The van der Waals surface area contributed by atoms with Crippen LogP contribution < -0.4 is 10.5 Å². The molecule has 7 nitrogen and oxygen atoms in total. The first-order valence-corrected chi connectivity index (χ1v) is 8.82. The number of carbonyl (C=O) groups excluding carboxylic acids is 1. The maximum absolute atomic E-state index is 14.9. The van der Waals surface area contributed by atoms with E-state index in [9.17, 15) is 18.0 Å². The lowest BCUT2D eigenvalue weighted by molar-refractivity contribution is -0.140. The molecule has 1 aromatic heterocycles. The lowest BCUT2D eigenvalue weighted by atomic mass is 9.74. The van der Waals surface area contributed by atoms with Gasteiger partial charge in [0.05, 0.1) is 12.5 Å². The SMILES string of the molecule is CN1C(=O)[C@@H]2CCOC[C@]2(c2cc(Oc3ncccc3F)c(F)cc2F)N=C1N. The van der Waals surface area contributed by atoms with Crippen molar-refractivity contribution in [3.05, 3.63) is 53.5 Å². The molecule has 152 valence electrons. The van der Waals surface area contributed by atoms with Gasteiger partial charge in [-0.05, 0) is 24.6 Å². The van der Waals surface area contributed by atoms with Crippen LogP contribution in [0.1, 0.15) is 12.0 Å². The minimum atomic E-state index is -1.48. The summed E-state index contributed by atoms with van der Waals surface area (Å²) in [6.45, 7) is 0.157. The average molecular weight is 406 g/mol. The molecule has 0 bridgehead atoms. The number of ether oxygens (including phenoxy) is 2.